The molecule has 1 aromatic carbocycles. The molecule has 0 saturated carbocycles. The summed E-state index contributed by atoms with van der Waals surface area (Å²) in [4.78, 5) is 21.9. The predicted molar refractivity (Wildman–Crippen MR) is 120 cm³/mol. The highest BCUT2D eigenvalue weighted by Gasteiger charge is 2.42. The average Bonchev–Trinajstić information content (AvgIpc) is 3.42. The van der Waals surface area contributed by atoms with Crippen molar-refractivity contribution in [3.8, 4) is 11.4 Å². The van der Waals surface area contributed by atoms with Crippen LogP contribution in [-0.4, -0.2) is 47.6 Å². The first-order chi connectivity index (χ1) is 16.7. The van der Waals surface area contributed by atoms with E-state index in [0.717, 1.165) is 17.1 Å². The van der Waals surface area contributed by atoms with Crippen molar-refractivity contribution < 1.29 is 23.1 Å². The van der Waals surface area contributed by atoms with Crippen molar-refractivity contribution >= 4 is 5.91 Å². The van der Waals surface area contributed by atoms with Gasteiger partial charge in [-0.05, 0) is 24.8 Å². The molecule has 0 bridgehead atoms. The van der Waals surface area contributed by atoms with Crippen molar-refractivity contribution in [1.29, 1.82) is 0 Å². The number of halogens is 3. The lowest BCUT2D eigenvalue weighted by atomic mass is 9.98. The van der Waals surface area contributed by atoms with Gasteiger partial charge in [0.15, 0.2) is 5.82 Å². The Bertz CT molecular complexity index is 1230. The number of nitrogens with zero attached hydrogens (tertiary/aromatic N) is 5. The van der Waals surface area contributed by atoms with E-state index in [4.69, 9.17) is 0 Å². The quantitative estimate of drug-likeness (QED) is 0.575. The molecule has 2 aromatic heterocycles. The van der Waals surface area contributed by atoms with Crippen molar-refractivity contribution in [2.24, 2.45) is 5.92 Å². The van der Waals surface area contributed by atoms with Crippen LogP contribution in [0.1, 0.15) is 53.2 Å². The number of nitrogens with one attached hydrogen (secondary N) is 1. The van der Waals surface area contributed by atoms with Gasteiger partial charge in [-0.1, -0.05) is 31.2 Å². The number of hydrogen-bond donors (Lipinski definition) is 2. The molecule has 0 radical (unpaired) electrons. The van der Waals surface area contributed by atoms with Crippen LogP contribution in [0.5, 0.6) is 0 Å². The molecule has 2 aliphatic heterocycles. The van der Waals surface area contributed by atoms with Gasteiger partial charge in [0.05, 0.1) is 24.3 Å². The minimum atomic E-state index is -4.22. The maximum atomic E-state index is 13.1. The largest absolute Gasteiger partial charge is 0.392 e. The van der Waals surface area contributed by atoms with Gasteiger partial charge < -0.3 is 15.0 Å². The van der Waals surface area contributed by atoms with Crippen LogP contribution in [0.15, 0.2) is 24.3 Å². The van der Waals surface area contributed by atoms with Gasteiger partial charge in [-0.25, -0.2) is 14.6 Å². The van der Waals surface area contributed by atoms with Gasteiger partial charge >= 0.3 is 6.18 Å². The molecule has 5 rings (SSSR count). The minimum Gasteiger partial charge on any atom is -0.391 e. The minimum absolute atomic E-state index is 0.0110. The van der Waals surface area contributed by atoms with E-state index in [-0.39, 0.29) is 25.3 Å². The maximum absolute atomic E-state index is 13.1. The number of alkyl halides is 3. The first-order valence-electron chi connectivity index (χ1n) is 11.9. The molecule has 8 nitrogen and oxygen atoms in total. The molecule has 2 N–H and O–H groups in total. The number of carbonyl (C=O) groups is 1. The molecule has 0 fully saturated rings. The fourth-order valence-electron chi connectivity index (χ4n) is 4.78. The second-order valence-electron chi connectivity index (χ2n) is 9.17. The van der Waals surface area contributed by atoms with Gasteiger partial charge in [0, 0.05) is 31.5 Å². The number of aryl methyl sites for hydroxylation is 3. The summed E-state index contributed by atoms with van der Waals surface area (Å²) < 4.78 is 42.6. The molecule has 0 saturated heterocycles. The van der Waals surface area contributed by atoms with Crippen LogP contribution < -0.4 is 5.32 Å². The molecule has 2 aliphatic rings. The Morgan fingerprint density at radius 2 is 1.94 bits per heavy atom. The van der Waals surface area contributed by atoms with E-state index >= 15 is 0 Å². The Morgan fingerprint density at radius 3 is 2.66 bits per heavy atom. The van der Waals surface area contributed by atoms with Crippen LogP contribution in [0.3, 0.4) is 0 Å². The van der Waals surface area contributed by atoms with E-state index in [1.807, 2.05) is 23.6 Å². The Hall–Kier alpha value is -3.21. The summed E-state index contributed by atoms with van der Waals surface area (Å²) in [6.07, 6.45) is -2.94. The summed E-state index contributed by atoms with van der Waals surface area (Å²) in [7, 11) is 0. The van der Waals surface area contributed by atoms with Crippen molar-refractivity contribution in [3.05, 3.63) is 52.9 Å². The highest BCUT2D eigenvalue weighted by molar-refractivity contribution is 5.94. The highest BCUT2D eigenvalue weighted by atomic mass is 19.4. The number of imidazole rings is 1. The molecule has 0 spiro atoms. The zero-order valence-corrected chi connectivity index (χ0v) is 19.3. The lowest BCUT2D eigenvalue weighted by Crippen LogP contribution is -2.31. The van der Waals surface area contributed by atoms with Crippen LogP contribution in [-0.2, 0) is 38.9 Å². The highest BCUT2D eigenvalue weighted by Crippen LogP contribution is 2.34. The lowest BCUT2D eigenvalue weighted by Gasteiger charge is -2.24. The summed E-state index contributed by atoms with van der Waals surface area (Å²) >= 11 is 0. The molecule has 3 aromatic rings. The first-order valence-corrected chi connectivity index (χ1v) is 11.9. The fraction of sp³-hybridized carbons (Fsp3) is 0.500. The zero-order chi connectivity index (χ0) is 24.7. The Morgan fingerprint density at radius 1 is 1.17 bits per heavy atom. The Labute approximate surface area is 200 Å². The summed E-state index contributed by atoms with van der Waals surface area (Å²) in [5.41, 5.74) is 2.80. The molecule has 2 unspecified atom stereocenters. The lowest BCUT2D eigenvalue weighted by molar-refractivity contribution is -0.179. The van der Waals surface area contributed by atoms with Crippen LogP contribution >= 0.6 is 0 Å². The second-order valence-corrected chi connectivity index (χ2v) is 9.17. The van der Waals surface area contributed by atoms with Gasteiger partial charge in [0.1, 0.15) is 17.3 Å². The normalized spacial score (nSPS) is 19.8. The summed E-state index contributed by atoms with van der Waals surface area (Å²) in [5.74, 6) is -0.0304. The van der Waals surface area contributed by atoms with Crippen molar-refractivity contribution in [2.45, 2.75) is 70.9 Å². The van der Waals surface area contributed by atoms with E-state index in [1.54, 1.807) is 16.8 Å². The van der Waals surface area contributed by atoms with E-state index < -0.39 is 18.2 Å². The number of benzene rings is 1. The van der Waals surface area contributed by atoms with Crippen molar-refractivity contribution in [3.63, 3.8) is 0 Å². The number of hydrogen-bond acceptors (Lipinski definition) is 5. The summed E-state index contributed by atoms with van der Waals surface area (Å²) in [6.45, 7) is 2.81. The number of carbonyl (C=O) groups excluding carboxylic acids is 1. The molecule has 11 heteroatoms. The smallest absolute Gasteiger partial charge is 0.391 e. The van der Waals surface area contributed by atoms with Crippen LogP contribution in [0.2, 0.25) is 0 Å². The molecular formula is C24H27F3N6O2. The van der Waals surface area contributed by atoms with Crippen molar-refractivity contribution in [1.82, 2.24) is 29.6 Å². The number of amides is 1. The molecule has 0 aliphatic carbocycles. The van der Waals surface area contributed by atoms with Crippen LogP contribution in [0, 0.1) is 5.92 Å². The molecule has 35 heavy (non-hydrogen) atoms. The summed E-state index contributed by atoms with van der Waals surface area (Å²) in [6, 6.07) is 7.28. The van der Waals surface area contributed by atoms with Gasteiger partial charge in [0.25, 0.3) is 5.91 Å². The molecular weight excluding hydrogens is 461 g/mol. The zero-order valence-electron chi connectivity index (χ0n) is 19.3. The Balaban J connectivity index is 1.26. The number of aliphatic hydroxyl groups excluding tert-OH is 1. The fourth-order valence-corrected chi connectivity index (χ4v) is 4.78. The standard InChI is InChI=1S/C24H27F3N6O2/c1-2-18-21(32-13-17(34)7-8-19(32)29-18)23(35)28-12-14-3-5-15(6-4-14)22-30-20-11-16(24(25,26)27)9-10-33(20)31-22/h3-6,16-17,34H,2,7-13H2,1H3,(H,28,35). The third-order valence-corrected chi connectivity index (χ3v) is 6.76. The molecule has 2 atom stereocenters. The Kier molecular flexibility index (Phi) is 6.12. The first kappa shape index (κ1) is 23.5. The third kappa shape index (κ3) is 4.69. The molecule has 186 valence electrons. The topological polar surface area (TPSA) is 97.9 Å². The number of rotatable bonds is 5. The number of aromatic nitrogens is 5. The van der Waals surface area contributed by atoms with Crippen LogP contribution in [0.4, 0.5) is 13.2 Å². The monoisotopic (exact) mass is 488 g/mol. The van der Waals surface area contributed by atoms with E-state index in [9.17, 15) is 23.1 Å². The van der Waals surface area contributed by atoms with Gasteiger partial charge in [-0.2, -0.15) is 18.3 Å². The SMILES string of the molecule is CCc1nc2n(c1C(=O)NCc1ccc(-c3nc4n(n3)CCC(C(F)(F)F)C4)cc1)CC(O)CC2. The van der Waals surface area contributed by atoms with Gasteiger partial charge in [0.2, 0.25) is 0 Å². The van der Waals surface area contributed by atoms with E-state index in [0.29, 0.717) is 55.3 Å². The maximum Gasteiger partial charge on any atom is 0.392 e. The van der Waals surface area contributed by atoms with Crippen LogP contribution in [0.25, 0.3) is 11.4 Å². The number of aliphatic hydroxyl groups is 1. The second kappa shape index (κ2) is 9.10. The third-order valence-electron chi connectivity index (χ3n) is 6.76. The van der Waals surface area contributed by atoms with Crippen molar-refractivity contribution in [2.75, 3.05) is 0 Å². The van der Waals surface area contributed by atoms with E-state index in [1.165, 1.54) is 0 Å². The predicted octanol–water partition coefficient (Wildman–Crippen LogP) is 3.07. The van der Waals surface area contributed by atoms with Gasteiger partial charge in [-0.3, -0.25) is 4.79 Å². The number of fused-ring (bicyclic) bond motifs is 2. The molecule has 1 amide bonds. The average molecular weight is 489 g/mol. The van der Waals surface area contributed by atoms with E-state index in [2.05, 4.69) is 20.4 Å². The van der Waals surface area contributed by atoms with Gasteiger partial charge in [-0.15, -0.1) is 0 Å². The molecule has 4 heterocycles. The summed E-state index contributed by atoms with van der Waals surface area (Å²) in [5, 5.41) is 17.3.